The van der Waals surface area contributed by atoms with Crippen LogP contribution in [-0.4, -0.2) is 40.1 Å². The Hall–Kier alpha value is -1.49. The molecule has 98 valence electrons. The molecule has 0 radical (unpaired) electrons. The maximum Gasteiger partial charge on any atom is 0.258 e. The summed E-state index contributed by atoms with van der Waals surface area (Å²) in [5.74, 6) is -1.05. The summed E-state index contributed by atoms with van der Waals surface area (Å²) in [6, 6.07) is 3.02. The van der Waals surface area contributed by atoms with Gasteiger partial charge in [-0.1, -0.05) is 0 Å². The van der Waals surface area contributed by atoms with Gasteiger partial charge >= 0.3 is 0 Å². The summed E-state index contributed by atoms with van der Waals surface area (Å²) >= 11 is 0. The van der Waals surface area contributed by atoms with Gasteiger partial charge in [-0.3, -0.25) is 4.79 Å². The second-order valence-electron chi connectivity index (χ2n) is 4.50. The number of carbonyl (C=O) groups excluding carboxylic acids is 1. The van der Waals surface area contributed by atoms with E-state index in [9.17, 15) is 9.18 Å². The summed E-state index contributed by atoms with van der Waals surface area (Å²) in [6.07, 6.45) is 4.72. The minimum Gasteiger partial charge on any atom is -0.396 e. The number of amides is 1. The highest BCUT2D eigenvalue weighted by Gasteiger charge is 2.28. The molecular weight excluding hydrogens is 235 g/mol. The lowest BCUT2D eigenvalue weighted by atomic mass is 9.98. The maximum absolute atomic E-state index is 13.5. The molecule has 1 aromatic rings. The maximum atomic E-state index is 13.5. The molecule has 0 aromatic carbocycles. The van der Waals surface area contributed by atoms with Gasteiger partial charge in [-0.25, -0.2) is 4.98 Å². The van der Waals surface area contributed by atoms with Gasteiger partial charge in [0.25, 0.3) is 5.91 Å². The van der Waals surface area contributed by atoms with Crippen molar-refractivity contribution in [2.75, 3.05) is 13.2 Å². The van der Waals surface area contributed by atoms with Crippen LogP contribution < -0.4 is 0 Å². The average molecular weight is 252 g/mol. The van der Waals surface area contributed by atoms with Crippen LogP contribution in [0.1, 0.15) is 36.0 Å². The zero-order valence-electron chi connectivity index (χ0n) is 10.2. The molecule has 5 heteroatoms. The third-order valence-corrected chi connectivity index (χ3v) is 3.34. The van der Waals surface area contributed by atoms with Crippen molar-refractivity contribution in [2.45, 2.75) is 31.7 Å². The van der Waals surface area contributed by atoms with Crippen LogP contribution in [0.3, 0.4) is 0 Å². The van der Waals surface area contributed by atoms with Crippen molar-refractivity contribution < 1.29 is 14.3 Å². The third kappa shape index (κ3) is 2.67. The number of likely N-dealkylation sites (tertiary alicyclic amines) is 1. The highest BCUT2D eigenvalue weighted by Crippen LogP contribution is 2.22. The normalized spacial score (nSPS) is 19.9. The Morgan fingerprint density at radius 3 is 3.11 bits per heavy atom. The number of aliphatic hydroxyl groups excluding tert-OH is 1. The summed E-state index contributed by atoms with van der Waals surface area (Å²) < 4.78 is 13.5. The summed E-state index contributed by atoms with van der Waals surface area (Å²) in [7, 11) is 0. The molecule has 0 bridgehead atoms. The van der Waals surface area contributed by atoms with Crippen molar-refractivity contribution in [3.63, 3.8) is 0 Å². The monoisotopic (exact) mass is 252 g/mol. The van der Waals surface area contributed by atoms with E-state index in [1.54, 1.807) is 11.0 Å². The first-order chi connectivity index (χ1) is 8.74. The molecule has 2 rings (SSSR count). The Morgan fingerprint density at radius 2 is 2.39 bits per heavy atom. The lowest BCUT2D eigenvalue weighted by Crippen LogP contribution is -2.44. The standard InChI is InChI=1S/C13H17FN2O2/c14-12-11(5-3-7-15-12)13(18)16-8-2-1-4-10(16)6-9-17/h3,5,7,10,17H,1-2,4,6,8-9H2. The van der Waals surface area contributed by atoms with Gasteiger partial charge < -0.3 is 10.0 Å². The van der Waals surface area contributed by atoms with E-state index in [0.717, 1.165) is 19.3 Å². The molecule has 1 fully saturated rings. The van der Waals surface area contributed by atoms with E-state index in [0.29, 0.717) is 13.0 Å². The molecule has 18 heavy (non-hydrogen) atoms. The van der Waals surface area contributed by atoms with E-state index >= 15 is 0 Å². The lowest BCUT2D eigenvalue weighted by molar-refractivity contribution is 0.0569. The van der Waals surface area contributed by atoms with E-state index in [-0.39, 0.29) is 24.1 Å². The molecule has 0 aliphatic carbocycles. The number of hydrogen-bond acceptors (Lipinski definition) is 3. The van der Waals surface area contributed by atoms with Crippen LogP contribution >= 0.6 is 0 Å². The number of carbonyl (C=O) groups is 1. The average Bonchev–Trinajstić information content (AvgIpc) is 2.40. The summed E-state index contributed by atoms with van der Waals surface area (Å²) in [5.41, 5.74) is 0.0161. The number of piperidine rings is 1. The summed E-state index contributed by atoms with van der Waals surface area (Å²) in [4.78, 5) is 17.4. The zero-order chi connectivity index (χ0) is 13.0. The molecule has 0 spiro atoms. The zero-order valence-corrected chi connectivity index (χ0v) is 10.2. The summed E-state index contributed by atoms with van der Waals surface area (Å²) in [6.45, 7) is 0.668. The molecule has 4 nitrogen and oxygen atoms in total. The molecule has 1 aromatic heterocycles. The Labute approximate surface area is 105 Å². The van der Waals surface area contributed by atoms with Gasteiger partial charge in [0.15, 0.2) is 0 Å². The predicted molar refractivity (Wildman–Crippen MR) is 64.6 cm³/mol. The molecule has 1 aliphatic rings. The first kappa shape index (κ1) is 13.0. The van der Waals surface area contributed by atoms with Crippen LogP contribution in [0.25, 0.3) is 0 Å². The van der Waals surface area contributed by atoms with E-state index < -0.39 is 5.95 Å². The molecule has 2 heterocycles. The minimum absolute atomic E-state index is 0.0101. The number of rotatable bonds is 3. The van der Waals surface area contributed by atoms with E-state index in [1.165, 1.54) is 12.3 Å². The molecule has 1 unspecified atom stereocenters. The molecule has 0 saturated carbocycles. The molecule has 1 atom stereocenters. The fourth-order valence-corrected chi connectivity index (χ4v) is 2.42. The Bertz CT molecular complexity index is 423. The molecule has 1 N–H and O–H groups in total. The lowest BCUT2D eigenvalue weighted by Gasteiger charge is -2.35. The van der Waals surface area contributed by atoms with Gasteiger partial charge in [0.1, 0.15) is 0 Å². The highest BCUT2D eigenvalue weighted by atomic mass is 19.1. The number of nitrogens with zero attached hydrogens (tertiary/aromatic N) is 2. The second-order valence-corrected chi connectivity index (χ2v) is 4.50. The van der Waals surface area contributed by atoms with Crippen molar-refractivity contribution in [3.05, 3.63) is 29.8 Å². The number of hydrogen-bond donors (Lipinski definition) is 1. The van der Waals surface area contributed by atoms with Crippen LogP contribution in [0.5, 0.6) is 0 Å². The van der Waals surface area contributed by atoms with Crippen molar-refractivity contribution in [1.82, 2.24) is 9.88 Å². The van der Waals surface area contributed by atoms with Crippen molar-refractivity contribution >= 4 is 5.91 Å². The molecule has 1 aliphatic heterocycles. The Kier molecular flexibility index (Phi) is 4.25. The largest absolute Gasteiger partial charge is 0.396 e. The van der Waals surface area contributed by atoms with Crippen LogP contribution in [0.4, 0.5) is 4.39 Å². The van der Waals surface area contributed by atoms with Crippen LogP contribution in [0.2, 0.25) is 0 Å². The summed E-state index contributed by atoms with van der Waals surface area (Å²) in [5, 5.41) is 9.02. The number of pyridine rings is 1. The fourth-order valence-electron chi connectivity index (χ4n) is 2.42. The number of halogens is 1. The van der Waals surface area contributed by atoms with Gasteiger partial charge in [-0.05, 0) is 37.8 Å². The fraction of sp³-hybridized carbons (Fsp3) is 0.538. The van der Waals surface area contributed by atoms with Crippen molar-refractivity contribution in [2.24, 2.45) is 0 Å². The van der Waals surface area contributed by atoms with Crippen molar-refractivity contribution in [1.29, 1.82) is 0 Å². The predicted octanol–water partition coefficient (Wildman–Crippen LogP) is 1.60. The highest BCUT2D eigenvalue weighted by molar-refractivity contribution is 5.94. The quantitative estimate of drug-likeness (QED) is 0.831. The van der Waals surface area contributed by atoms with Gasteiger partial charge in [0, 0.05) is 25.4 Å². The van der Waals surface area contributed by atoms with E-state index in [1.807, 2.05) is 0 Å². The van der Waals surface area contributed by atoms with Crippen LogP contribution in [0, 0.1) is 5.95 Å². The first-order valence-corrected chi connectivity index (χ1v) is 6.26. The molecule has 1 amide bonds. The van der Waals surface area contributed by atoms with Gasteiger partial charge in [-0.2, -0.15) is 4.39 Å². The van der Waals surface area contributed by atoms with E-state index in [4.69, 9.17) is 5.11 Å². The Morgan fingerprint density at radius 1 is 1.56 bits per heavy atom. The van der Waals surface area contributed by atoms with Crippen LogP contribution in [-0.2, 0) is 0 Å². The van der Waals surface area contributed by atoms with Gasteiger partial charge in [-0.15, -0.1) is 0 Å². The van der Waals surface area contributed by atoms with E-state index in [2.05, 4.69) is 4.98 Å². The van der Waals surface area contributed by atoms with Crippen molar-refractivity contribution in [3.8, 4) is 0 Å². The van der Waals surface area contributed by atoms with Gasteiger partial charge in [0.05, 0.1) is 5.56 Å². The molecule has 1 saturated heterocycles. The Balaban J connectivity index is 2.18. The number of aliphatic hydroxyl groups is 1. The van der Waals surface area contributed by atoms with Gasteiger partial charge in [0.2, 0.25) is 5.95 Å². The first-order valence-electron chi connectivity index (χ1n) is 6.26. The number of aromatic nitrogens is 1. The topological polar surface area (TPSA) is 53.4 Å². The minimum atomic E-state index is -0.726. The molecular formula is C13H17FN2O2. The SMILES string of the molecule is O=C(c1cccnc1F)N1CCCCC1CCO. The second kappa shape index (κ2) is 5.91. The van der Waals surface area contributed by atoms with Crippen LogP contribution in [0.15, 0.2) is 18.3 Å². The third-order valence-electron chi connectivity index (χ3n) is 3.34. The smallest absolute Gasteiger partial charge is 0.258 e.